The summed E-state index contributed by atoms with van der Waals surface area (Å²) >= 11 is 0. The summed E-state index contributed by atoms with van der Waals surface area (Å²) in [6.45, 7) is 6.29. The normalized spacial score (nSPS) is 10.3. The van der Waals surface area contributed by atoms with Gasteiger partial charge in [0.2, 0.25) is 0 Å². The maximum absolute atomic E-state index is 8.58. The van der Waals surface area contributed by atoms with Gasteiger partial charge in [-0.15, -0.1) is 0 Å². The second-order valence-corrected chi connectivity index (χ2v) is 4.31. The molecule has 0 amide bonds. The molecule has 0 atom stereocenters. The lowest BCUT2D eigenvalue weighted by molar-refractivity contribution is 0.866. The van der Waals surface area contributed by atoms with Crippen LogP contribution in [0.4, 0.5) is 5.69 Å². The molecule has 21 heavy (non-hydrogen) atoms. The van der Waals surface area contributed by atoms with E-state index in [0.717, 1.165) is 18.7 Å². The maximum atomic E-state index is 8.58. The highest BCUT2D eigenvalue weighted by atomic mass is 15.1. The van der Waals surface area contributed by atoms with Crippen molar-refractivity contribution in [2.24, 2.45) is 0 Å². The lowest BCUT2D eigenvalue weighted by Crippen LogP contribution is -2.21. The van der Waals surface area contributed by atoms with E-state index in [1.54, 1.807) is 12.2 Å². The fourth-order valence-corrected chi connectivity index (χ4v) is 1.87. The molecule has 0 bridgehead atoms. The summed E-state index contributed by atoms with van der Waals surface area (Å²) in [5, 5.41) is 17.2. The zero-order valence-electron chi connectivity index (χ0n) is 12.5. The molecular formula is C18H19N3. The molecule has 0 N–H and O–H groups in total. The Bertz CT molecular complexity index is 587. The Kier molecular flexibility index (Phi) is 7.11. The van der Waals surface area contributed by atoms with Crippen molar-refractivity contribution in [2.75, 3.05) is 18.0 Å². The van der Waals surface area contributed by atoms with Gasteiger partial charge in [-0.3, -0.25) is 0 Å². The predicted molar refractivity (Wildman–Crippen MR) is 87.5 cm³/mol. The first kappa shape index (κ1) is 16.3. The molecule has 1 aromatic carbocycles. The first-order valence-electron chi connectivity index (χ1n) is 6.95. The van der Waals surface area contributed by atoms with E-state index in [0.29, 0.717) is 0 Å². The summed E-state index contributed by atoms with van der Waals surface area (Å²) in [4.78, 5) is 2.30. The van der Waals surface area contributed by atoms with Crippen LogP contribution in [0.1, 0.15) is 19.4 Å². The second kappa shape index (κ2) is 9.18. The van der Waals surface area contributed by atoms with E-state index in [-0.39, 0.29) is 5.57 Å². The quantitative estimate of drug-likeness (QED) is 0.581. The lowest BCUT2D eigenvalue weighted by Gasteiger charge is -2.20. The van der Waals surface area contributed by atoms with Crippen LogP contribution in [-0.4, -0.2) is 13.1 Å². The van der Waals surface area contributed by atoms with Gasteiger partial charge in [0.25, 0.3) is 0 Å². The number of rotatable bonds is 6. The number of nitrogens with zero attached hydrogens (tertiary/aromatic N) is 3. The molecule has 3 nitrogen and oxygen atoms in total. The summed E-state index contributed by atoms with van der Waals surface area (Å²) in [5.74, 6) is 0. The van der Waals surface area contributed by atoms with Gasteiger partial charge < -0.3 is 4.90 Å². The van der Waals surface area contributed by atoms with Gasteiger partial charge in [-0.05, 0) is 37.6 Å². The molecule has 106 valence electrons. The van der Waals surface area contributed by atoms with E-state index >= 15 is 0 Å². The van der Waals surface area contributed by atoms with Gasteiger partial charge >= 0.3 is 0 Å². The fraction of sp³-hybridized carbons (Fsp3) is 0.222. The SMILES string of the molecule is CCN(CC)c1ccc(/C=C/C=C/C=C(C#N)C#N)cc1. The van der Waals surface area contributed by atoms with Crippen LogP contribution in [0.15, 0.2) is 54.1 Å². The van der Waals surface area contributed by atoms with E-state index in [4.69, 9.17) is 10.5 Å². The van der Waals surface area contributed by atoms with E-state index < -0.39 is 0 Å². The van der Waals surface area contributed by atoms with Crippen molar-refractivity contribution >= 4 is 11.8 Å². The monoisotopic (exact) mass is 277 g/mol. The van der Waals surface area contributed by atoms with Gasteiger partial charge in [-0.1, -0.05) is 36.4 Å². The Morgan fingerprint density at radius 2 is 1.62 bits per heavy atom. The third-order valence-electron chi connectivity index (χ3n) is 3.04. The molecule has 0 spiro atoms. The summed E-state index contributed by atoms with van der Waals surface area (Å²) in [7, 11) is 0. The average molecular weight is 277 g/mol. The number of nitriles is 2. The van der Waals surface area contributed by atoms with E-state index in [2.05, 4.69) is 43.0 Å². The predicted octanol–water partition coefficient (Wildman–Crippen LogP) is 4.08. The van der Waals surface area contributed by atoms with Gasteiger partial charge in [-0.2, -0.15) is 10.5 Å². The Morgan fingerprint density at radius 3 is 2.14 bits per heavy atom. The van der Waals surface area contributed by atoms with Crippen LogP contribution < -0.4 is 4.90 Å². The first-order valence-corrected chi connectivity index (χ1v) is 6.95. The van der Waals surface area contributed by atoms with Crippen LogP contribution >= 0.6 is 0 Å². The van der Waals surface area contributed by atoms with Crippen molar-refractivity contribution in [1.29, 1.82) is 10.5 Å². The van der Waals surface area contributed by atoms with Gasteiger partial charge in [0.1, 0.15) is 17.7 Å². The first-order chi connectivity index (χ1) is 10.2. The summed E-state index contributed by atoms with van der Waals surface area (Å²) in [6, 6.07) is 12.0. The lowest BCUT2D eigenvalue weighted by atomic mass is 10.1. The minimum Gasteiger partial charge on any atom is -0.372 e. The highest BCUT2D eigenvalue weighted by molar-refractivity contribution is 5.57. The third kappa shape index (κ3) is 5.38. The van der Waals surface area contributed by atoms with Crippen molar-refractivity contribution in [3.05, 3.63) is 59.7 Å². The van der Waals surface area contributed by atoms with Crippen molar-refractivity contribution in [2.45, 2.75) is 13.8 Å². The molecule has 0 unspecified atom stereocenters. The Hall–Kier alpha value is -2.78. The van der Waals surface area contributed by atoms with E-state index in [1.807, 2.05) is 24.3 Å². The van der Waals surface area contributed by atoms with Gasteiger partial charge in [-0.25, -0.2) is 0 Å². The molecule has 0 aliphatic rings. The van der Waals surface area contributed by atoms with E-state index in [1.165, 1.54) is 11.8 Å². The van der Waals surface area contributed by atoms with Crippen LogP contribution in [0.2, 0.25) is 0 Å². The zero-order valence-corrected chi connectivity index (χ0v) is 12.5. The van der Waals surface area contributed by atoms with Crippen LogP contribution in [0, 0.1) is 22.7 Å². The van der Waals surface area contributed by atoms with Crippen molar-refractivity contribution < 1.29 is 0 Å². The van der Waals surface area contributed by atoms with Crippen molar-refractivity contribution in [1.82, 2.24) is 0 Å². The van der Waals surface area contributed by atoms with Gasteiger partial charge in [0.15, 0.2) is 0 Å². The highest BCUT2D eigenvalue weighted by Crippen LogP contribution is 2.15. The largest absolute Gasteiger partial charge is 0.372 e. The number of anilines is 1. The topological polar surface area (TPSA) is 50.8 Å². The number of hydrogen-bond acceptors (Lipinski definition) is 3. The van der Waals surface area contributed by atoms with Gasteiger partial charge in [0, 0.05) is 18.8 Å². The maximum Gasteiger partial charge on any atom is 0.129 e. The van der Waals surface area contributed by atoms with Crippen LogP contribution in [0.3, 0.4) is 0 Å². The molecule has 0 saturated carbocycles. The van der Waals surface area contributed by atoms with Crippen molar-refractivity contribution in [3.63, 3.8) is 0 Å². The van der Waals surface area contributed by atoms with Crippen LogP contribution in [0.5, 0.6) is 0 Å². The molecule has 0 aliphatic carbocycles. The standard InChI is InChI=1S/C18H19N3/c1-3-21(4-2)18-12-10-16(11-13-18)8-6-5-7-9-17(14-19)15-20/h5-13H,3-4H2,1-2H3/b7-5+,8-6+. The summed E-state index contributed by atoms with van der Waals surface area (Å²) in [6.07, 6.45) is 8.84. The number of hydrogen-bond donors (Lipinski definition) is 0. The Morgan fingerprint density at radius 1 is 1.00 bits per heavy atom. The molecule has 1 rings (SSSR count). The molecule has 0 saturated heterocycles. The molecule has 0 aliphatic heterocycles. The highest BCUT2D eigenvalue weighted by Gasteiger charge is 1.99. The Balaban J connectivity index is 2.67. The Labute approximate surface area is 126 Å². The van der Waals surface area contributed by atoms with Crippen LogP contribution in [0.25, 0.3) is 6.08 Å². The summed E-state index contributed by atoms with van der Waals surface area (Å²) < 4.78 is 0. The number of allylic oxidation sites excluding steroid dienone is 5. The molecule has 0 aromatic heterocycles. The number of benzene rings is 1. The van der Waals surface area contributed by atoms with E-state index in [9.17, 15) is 0 Å². The van der Waals surface area contributed by atoms with Crippen molar-refractivity contribution in [3.8, 4) is 12.1 Å². The fourth-order valence-electron chi connectivity index (χ4n) is 1.87. The van der Waals surface area contributed by atoms with Crippen LogP contribution in [-0.2, 0) is 0 Å². The zero-order chi connectivity index (χ0) is 15.5. The molecule has 3 heteroatoms. The third-order valence-corrected chi connectivity index (χ3v) is 3.04. The molecule has 0 radical (unpaired) electrons. The molecule has 1 aromatic rings. The smallest absolute Gasteiger partial charge is 0.129 e. The minimum atomic E-state index is 0.100. The summed E-state index contributed by atoms with van der Waals surface area (Å²) in [5.41, 5.74) is 2.44. The molecule has 0 fully saturated rings. The second-order valence-electron chi connectivity index (χ2n) is 4.31. The minimum absolute atomic E-state index is 0.100. The molecular weight excluding hydrogens is 258 g/mol. The molecule has 0 heterocycles. The average Bonchev–Trinajstić information content (AvgIpc) is 2.53. The van der Waals surface area contributed by atoms with Gasteiger partial charge in [0.05, 0.1) is 0 Å².